The van der Waals surface area contributed by atoms with Crippen LogP contribution in [0.3, 0.4) is 0 Å². The first-order valence-electron chi connectivity index (χ1n) is 5.77. The van der Waals surface area contributed by atoms with E-state index >= 15 is 0 Å². The Kier molecular flexibility index (Phi) is 3.79. The molecule has 1 atom stereocenters. The molecular weight excluding hydrogens is 233 g/mol. The molecule has 17 heavy (non-hydrogen) atoms. The first-order valence-corrected chi connectivity index (χ1v) is 6.65. The largest absolute Gasteiger partial charge is 0.375 e. The monoisotopic (exact) mass is 249 g/mol. The molecule has 0 aliphatic carbocycles. The van der Waals surface area contributed by atoms with E-state index in [-0.39, 0.29) is 11.9 Å². The third kappa shape index (κ3) is 2.67. The van der Waals surface area contributed by atoms with Crippen molar-refractivity contribution in [2.45, 2.75) is 26.3 Å². The van der Waals surface area contributed by atoms with Gasteiger partial charge >= 0.3 is 0 Å². The predicted octanol–water partition coefficient (Wildman–Crippen LogP) is 4.76. The molecule has 1 aromatic carbocycles. The van der Waals surface area contributed by atoms with Crippen LogP contribution in [-0.2, 0) is 0 Å². The number of hydrogen-bond acceptors (Lipinski definition) is 2. The maximum Gasteiger partial charge on any atom is 0.146 e. The standard InChI is InChI=1S/C14H16FNS/c1-3-12(13-8-5-9-17-13)16-14-10(2)6-4-7-11(14)15/h4-9,12,16H,3H2,1-2H3. The summed E-state index contributed by atoms with van der Waals surface area (Å²) in [6.07, 6.45) is 0.939. The summed E-state index contributed by atoms with van der Waals surface area (Å²) in [6.45, 7) is 4.03. The Bertz CT molecular complexity index is 459. The zero-order valence-electron chi connectivity index (χ0n) is 10.0. The van der Waals surface area contributed by atoms with Crippen LogP contribution >= 0.6 is 11.3 Å². The summed E-state index contributed by atoms with van der Waals surface area (Å²) in [5.74, 6) is -0.181. The van der Waals surface area contributed by atoms with Crippen LogP contribution in [0.1, 0.15) is 29.8 Å². The molecular formula is C14H16FNS. The Morgan fingerprint density at radius 3 is 2.71 bits per heavy atom. The van der Waals surface area contributed by atoms with Gasteiger partial charge in [0.05, 0.1) is 11.7 Å². The third-order valence-corrected chi connectivity index (χ3v) is 3.82. The number of thiophene rings is 1. The number of nitrogens with one attached hydrogen (secondary N) is 1. The van der Waals surface area contributed by atoms with Gasteiger partial charge in [-0.3, -0.25) is 0 Å². The van der Waals surface area contributed by atoms with Crippen LogP contribution in [-0.4, -0.2) is 0 Å². The lowest BCUT2D eigenvalue weighted by Gasteiger charge is -2.19. The maximum atomic E-state index is 13.7. The quantitative estimate of drug-likeness (QED) is 0.823. The number of hydrogen-bond donors (Lipinski definition) is 1. The van der Waals surface area contributed by atoms with E-state index in [1.165, 1.54) is 10.9 Å². The highest BCUT2D eigenvalue weighted by Gasteiger charge is 2.13. The van der Waals surface area contributed by atoms with Crippen LogP contribution in [0.15, 0.2) is 35.7 Å². The van der Waals surface area contributed by atoms with Crippen molar-refractivity contribution in [2.24, 2.45) is 0 Å². The summed E-state index contributed by atoms with van der Waals surface area (Å²) in [6, 6.07) is 9.46. The van der Waals surface area contributed by atoms with Crippen LogP contribution in [0.5, 0.6) is 0 Å². The number of para-hydroxylation sites is 1. The molecule has 2 aromatic rings. The van der Waals surface area contributed by atoms with Gasteiger partial charge in [0.15, 0.2) is 0 Å². The normalized spacial score (nSPS) is 12.4. The van der Waals surface area contributed by atoms with Crippen LogP contribution in [0, 0.1) is 12.7 Å². The molecule has 1 unspecified atom stereocenters. The molecule has 0 fully saturated rings. The first-order chi connectivity index (χ1) is 8.22. The molecule has 0 bridgehead atoms. The number of aryl methyl sites for hydroxylation is 1. The molecule has 0 aliphatic rings. The Balaban J connectivity index is 2.25. The van der Waals surface area contributed by atoms with Crippen LogP contribution in [0.4, 0.5) is 10.1 Å². The molecule has 0 radical (unpaired) electrons. The molecule has 0 saturated heterocycles. The molecule has 0 amide bonds. The molecule has 3 heteroatoms. The van der Waals surface area contributed by atoms with Crippen molar-refractivity contribution in [3.8, 4) is 0 Å². The number of halogens is 1. The Morgan fingerprint density at radius 2 is 2.12 bits per heavy atom. The van der Waals surface area contributed by atoms with E-state index in [2.05, 4.69) is 18.3 Å². The summed E-state index contributed by atoms with van der Waals surface area (Å²) in [5, 5.41) is 5.35. The lowest BCUT2D eigenvalue weighted by Crippen LogP contribution is -2.10. The molecule has 1 nitrogen and oxygen atoms in total. The van der Waals surface area contributed by atoms with Crippen LogP contribution in [0.25, 0.3) is 0 Å². The fourth-order valence-corrected chi connectivity index (χ4v) is 2.71. The maximum absolute atomic E-state index is 13.7. The Morgan fingerprint density at radius 1 is 1.29 bits per heavy atom. The van der Waals surface area contributed by atoms with Crippen LogP contribution < -0.4 is 5.32 Å². The second kappa shape index (κ2) is 5.32. The van der Waals surface area contributed by atoms with E-state index in [0.29, 0.717) is 5.69 Å². The molecule has 1 aromatic heterocycles. The van der Waals surface area contributed by atoms with Crippen molar-refractivity contribution < 1.29 is 4.39 Å². The van der Waals surface area contributed by atoms with Gasteiger partial charge in [0.25, 0.3) is 0 Å². The molecule has 0 spiro atoms. The van der Waals surface area contributed by atoms with Gasteiger partial charge in [-0.1, -0.05) is 25.1 Å². The number of rotatable bonds is 4. The summed E-state index contributed by atoms with van der Waals surface area (Å²) in [7, 11) is 0. The number of benzene rings is 1. The molecule has 90 valence electrons. The van der Waals surface area contributed by atoms with Crippen LogP contribution in [0.2, 0.25) is 0 Å². The van der Waals surface area contributed by atoms with Gasteiger partial charge in [-0.2, -0.15) is 0 Å². The second-order valence-electron chi connectivity index (χ2n) is 4.05. The lowest BCUT2D eigenvalue weighted by molar-refractivity contribution is 0.623. The van der Waals surface area contributed by atoms with E-state index in [9.17, 15) is 4.39 Å². The highest BCUT2D eigenvalue weighted by atomic mass is 32.1. The van der Waals surface area contributed by atoms with E-state index in [0.717, 1.165) is 12.0 Å². The van der Waals surface area contributed by atoms with Crippen molar-refractivity contribution in [2.75, 3.05) is 5.32 Å². The lowest BCUT2D eigenvalue weighted by atomic mass is 10.1. The molecule has 1 N–H and O–H groups in total. The predicted molar refractivity (Wildman–Crippen MR) is 72.1 cm³/mol. The van der Waals surface area contributed by atoms with Gasteiger partial charge in [-0.15, -0.1) is 11.3 Å². The highest BCUT2D eigenvalue weighted by molar-refractivity contribution is 7.10. The average Bonchev–Trinajstić information content (AvgIpc) is 2.82. The zero-order valence-corrected chi connectivity index (χ0v) is 10.9. The fourth-order valence-electron chi connectivity index (χ4n) is 1.85. The van der Waals surface area contributed by atoms with E-state index < -0.39 is 0 Å². The van der Waals surface area contributed by atoms with Crippen molar-refractivity contribution >= 4 is 17.0 Å². The average molecular weight is 249 g/mol. The van der Waals surface area contributed by atoms with E-state index in [4.69, 9.17) is 0 Å². The minimum absolute atomic E-state index is 0.181. The van der Waals surface area contributed by atoms with Gasteiger partial charge in [-0.05, 0) is 36.4 Å². The Labute approximate surface area is 105 Å². The van der Waals surface area contributed by atoms with Gasteiger partial charge < -0.3 is 5.32 Å². The van der Waals surface area contributed by atoms with Gasteiger partial charge in [-0.25, -0.2) is 4.39 Å². The van der Waals surface area contributed by atoms with Gasteiger partial charge in [0, 0.05) is 4.88 Å². The number of anilines is 1. The topological polar surface area (TPSA) is 12.0 Å². The summed E-state index contributed by atoms with van der Waals surface area (Å²) < 4.78 is 13.7. The van der Waals surface area contributed by atoms with Crippen molar-refractivity contribution in [3.05, 3.63) is 52.0 Å². The summed E-state index contributed by atoms with van der Waals surface area (Å²) >= 11 is 1.70. The van der Waals surface area contributed by atoms with E-state index in [1.807, 2.05) is 24.4 Å². The van der Waals surface area contributed by atoms with E-state index in [1.54, 1.807) is 17.4 Å². The molecule has 0 saturated carbocycles. The van der Waals surface area contributed by atoms with Crippen molar-refractivity contribution in [1.82, 2.24) is 0 Å². The Hall–Kier alpha value is -1.35. The fraction of sp³-hybridized carbons (Fsp3) is 0.286. The molecule has 0 aliphatic heterocycles. The summed E-state index contributed by atoms with van der Waals surface area (Å²) in [4.78, 5) is 1.25. The SMILES string of the molecule is CCC(Nc1c(C)cccc1F)c1cccs1. The smallest absolute Gasteiger partial charge is 0.146 e. The highest BCUT2D eigenvalue weighted by Crippen LogP contribution is 2.29. The first kappa shape index (κ1) is 12.1. The molecule has 1 heterocycles. The second-order valence-corrected chi connectivity index (χ2v) is 5.03. The molecule has 2 rings (SSSR count). The minimum atomic E-state index is -0.181. The third-order valence-electron chi connectivity index (χ3n) is 2.84. The van der Waals surface area contributed by atoms with Gasteiger partial charge in [0.2, 0.25) is 0 Å². The van der Waals surface area contributed by atoms with Crippen molar-refractivity contribution in [3.63, 3.8) is 0 Å². The van der Waals surface area contributed by atoms with Crippen molar-refractivity contribution in [1.29, 1.82) is 0 Å². The van der Waals surface area contributed by atoms with Gasteiger partial charge in [0.1, 0.15) is 5.82 Å². The summed E-state index contributed by atoms with van der Waals surface area (Å²) in [5.41, 5.74) is 1.56. The zero-order chi connectivity index (χ0) is 12.3. The minimum Gasteiger partial charge on any atom is -0.375 e.